The molecule has 0 saturated carbocycles. The number of hydrogen-bond acceptors (Lipinski definition) is 2. The second-order valence-electron chi connectivity index (χ2n) is 7.87. The summed E-state index contributed by atoms with van der Waals surface area (Å²) in [6, 6.07) is 24.7. The highest BCUT2D eigenvalue weighted by Crippen LogP contribution is 2.33. The van der Waals surface area contributed by atoms with Crippen LogP contribution in [0.1, 0.15) is 37.8 Å². The predicted octanol–water partition coefficient (Wildman–Crippen LogP) is 8.10. The second-order valence-corrected chi connectivity index (χ2v) is 8.80. The van der Waals surface area contributed by atoms with Gasteiger partial charge in [-0.05, 0) is 72.2 Å². The van der Waals surface area contributed by atoms with E-state index < -0.39 is 5.02 Å². The SMILES string of the molecule is CC(C)(CCCc1cccc(Oc2ccccc2)c1)c1ccc(OC(F)(F)Br)cc1. The maximum absolute atomic E-state index is 12.9. The van der Waals surface area contributed by atoms with Crippen LogP contribution in [0.4, 0.5) is 8.78 Å². The van der Waals surface area contributed by atoms with Crippen molar-refractivity contribution in [3.63, 3.8) is 0 Å². The molecule has 0 heterocycles. The van der Waals surface area contributed by atoms with E-state index in [2.05, 4.69) is 46.6 Å². The van der Waals surface area contributed by atoms with Gasteiger partial charge in [0.05, 0.1) is 0 Å². The molecule has 158 valence electrons. The van der Waals surface area contributed by atoms with Gasteiger partial charge < -0.3 is 9.47 Å². The first-order chi connectivity index (χ1) is 14.2. The van der Waals surface area contributed by atoms with Gasteiger partial charge in [0.1, 0.15) is 17.2 Å². The average Bonchev–Trinajstić information content (AvgIpc) is 2.68. The lowest BCUT2D eigenvalue weighted by molar-refractivity contribution is -0.0803. The summed E-state index contributed by atoms with van der Waals surface area (Å²) in [6.07, 6.45) is 2.90. The van der Waals surface area contributed by atoms with Crippen LogP contribution in [0.25, 0.3) is 0 Å². The van der Waals surface area contributed by atoms with Crippen LogP contribution in [-0.2, 0) is 11.8 Å². The Morgan fingerprint density at radius 1 is 0.800 bits per heavy atom. The molecule has 30 heavy (non-hydrogen) atoms. The largest absolute Gasteiger partial charge is 0.459 e. The third-order valence-corrected chi connectivity index (χ3v) is 5.18. The Hall–Kier alpha value is -2.40. The molecule has 0 fully saturated rings. The first-order valence-corrected chi connectivity index (χ1v) is 10.7. The fourth-order valence-electron chi connectivity index (χ4n) is 3.38. The fourth-order valence-corrected chi connectivity index (χ4v) is 3.56. The molecule has 0 aliphatic heterocycles. The number of para-hydroxylation sites is 1. The molecular weight excluding hydrogens is 450 g/mol. The number of hydrogen-bond donors (Lipinski definition) is 0. The van der Waals surface area contributed by atoms with Crippen LogP contribution in [0.15, 0.2) is 78.9 Å². The van der Waals surface area contributed by atoms with Crippen molar-refractivity contribution in [3.05, 3.63) is 90.0 Å². The van der Waals surface area contributed by atoms with Crippen molar-refractivity contribution in [2.24, 2.45) is 0 Å². The van der Waals surface area contributed by atoms with Gasteiger partial charge in [0.15, 0.2) is 0 Å². The lowest BCUT2D eigenvalue weighted by Gasteiger charge is -2.26. The van der Waals surface area contributed by atoms with Crippen molar-refractivity contribution in [1.82, 2.24) is 0 Å². The lowest BCUT2D eigenvalue weighted by atomic mass is 9.80. The first-order valence-electron chi connectivity index (χ1n) is 9.89. The number of ether oxygens (including phenoxy) is 2. The molecule has 3 rings (SSSR count). The number of aryl methyl sites for hydroxylation is 1. The van der Waals surface area contributed by atoms with Gasteiger partial charge in [-0.3, -0.25) is 0 Å². The first kappa shape index (κ1) is 22.3. The van der Waals surface area contributed by atoms with Crippen molar-refractivity contribution >= 4 is 15.9 Å². The van der Waals surface area contributed by atoms with Crippen molar-refractivity contribution < 1.29 is 18.3 Å². The maximum atomic E-state index is 12.9. The van der Waals surface area contributed by atoms with E-state index in [0.29, 0.717) is 0 Å². The van der Waals surface area contributed by atoms with Gasteiger partial charge in [0, 0.05) is 15.9 Å². The molecule has 3 aromatic carbocycles. The number of halogens is 3. The minimum absolute atomic E-state index is 0.0758. The minimum atomic E-state index is -3.36. The Labute approximate surface area is 185 Å². The molecule has 5 heteroatoms. The highest BCUT2D eigenvalue weighted by molar-refractivity contribution is 9.09. The van der Waals surface area contributed by atoms with Crippen molar-refractivity contribution in [2.75, 3.05) is 0 Å². The summed E-state index contributed by atoms with van der Waals surface area (Å²) in [5.74, 6) is 1.78. The van der Waals surface area contributed by atoms with Gasteiger partial charge in [-0.2, -0.15) is 8.78 Å². The topological polar surface area (TPSA) is 18.5 Å². The molecule has 0 aliphatic carbocycles. The van der Waals surface area contributed by atoms with E-state index in [1.54, 1.807) is 12.1 Å². The van der Waals surface area contributed by atoms with E-state index in [-0.39, 0.29) is 11.2 Å². The number of benzene rings is 3. The van der Waals surface area contributed by atoms with E-state index in [1.165, 1.54) is 5.56 Å². The third kappa shape index (κ3) is 6.84. The van der Waals surface area contributed by atoms with Crippen molar-refractivity contribution in [3.8, 4) is 17.2 Å². The van der Waals surface area contributed by atoms with Gasteiger partial charge >= 0.3 is 5.02 Å². The predicted molar refractivity (Wildman–Crippen MR) is 120 cm³/mol. The molecular formula is C25H25BrF2O2. The van der Waals surface area contributed by atoms with E-state index in [4.69, 9.17) is 4.74 Å². The third-order valence-electron chi connectivity index (χ3n) is 5.01. The normalized spacial score (nSPS) is 11.9. The summed E-state index contributed by atoms with van der Waals surface area (Å²) in [6.45, 7) is 4.33. The van der Waals surface area contributed by atoms with Crippen LogP contribution in [0.5, 0.6) is 17.2 Å². The summed E-state index contributed by atoms with van der Waals surface area (Å²) in [7, 11) is 0. The van der Waals surface area contributed by atoms with Crippen molar-refractivity contribution in [1.29, 1.82) is 0 Å². The van der Waals surface area contributed by atoms with Crippen molar-refractivity contribution in [2.45, 2.75) is 43.5 Å². The Morgan fingerprint density at radius 3 is 2.13 bits per heavy atom. The van der Waals surface area contributed by atoms with Gasteiger partial charge in [-0.25, -0.2) is 0 Å². The highest BCUT2D eigenvalue weighted by atomic mass is 79.9. The Bertz CT molecular complexity index is 935. The van der Waals surface area contributed by atoms with E-state index in [1.807, 2.05) is 54.6 Å². The molecule has 0 saturated heterocycles. The second kappa shape index (κ2) is 9.61. The van der Waals surface area contributed by atoms with Crippen LogP contribution in [-0.4, -0.2) is 5.02 Å². The van der Waals surface area contributed by atoms with Crippen LogP contribution < -0.4 is 9.47 Å². The molecule has 0 amide bonds. The molecule has 0 radical (unpaired) electrons. The molecule has 0 N–H and O–H groups in total. The van der Waals surface area contributed by atoms with Crippen LogP contribution in [0, 0.1) is 0 Å². The summed E-state index contributed by atoms with van der Waals surface area (Å²) in [5.41, 5.74) is 2.24. The summed E-state index contributed by atoms with van der Waals surface area (Å²) < 4.78 is 36.3. The molecule has 0 aliphatic rings. The van der Waals surface area contributed by atoms with Crippen LogP contribution in [0.2, 0.25) is 0 Å². The molecule has 0 atom stereocenters. The monoisotopic (exact) mass is 474 g/mol. The van der Waals surface area contributed by atoms with Crippen LogP contribution in [0.3, 0.4) is 0 Å². The van der Waals surface area contributed by atoms with Gasteiger partial charge in [-0.15, -0.1) is 0 Å². The average molecular weight is 475 g/mol. The summed E-state index contributed by atoms with van der Waals surface area (Å²) in [5, 5.41) is -3.36. The molecule has 0 aromatic heterocycles. The highest BCUT2D eigenvalue weighted by Gasteiger charge is 2.27. The lowest BCUT2D eigenvalue weighted by Crippen LogP contribution is -2.18. The number of rotatable bonds is 9. The quantitative estimate of drug-likeness (QED) is 0.291. The van der Waals surface area contributed by atoms with E-state index >= 15 is 0 Å². The zero-order valence-corrected chi connectivity index (χ0v) is 18.7. The molecule has 0 unspecified atom stereocenters. The maximum Gasteiger partial charge on any atom is 0.459 e. The number of alkyl halides is 3. The van der Waals surface area contributed by atoms with Gasteiger partial charge in [0.25, 0.3) is 0 Å². The smallest absolute Gasteiger partial charge is 0.457 e. The van der Waals surface area contributed by atoms with E-state index in [9.17, 15) is 8.78 Å². The minimum Gasteiger partial charge on any atom is -0.457 e. The molecule has 3 aromatic rings. The molecule has 2 nitrogen and oxygen atoms in total. The zero-order chi connectivity index (χ0) is 21.6. The van der Waals surface area contributed by atoms with Gasteiger partial charge in [-0.1, -0.05) is 56.3 Å². The van der Waals surface area contributed by atoms with E-state index in [0.717, 1.165) is 36.3 Å². The Morgan fingerprint density at radius 2 is 1.47 bits per heavy atom. The standard InChI is InChI=1S/C25H25BrF2O2/c1-24(2,20-13-15-22(16-14-20)30-25(26,27)28)17-7-9-19-8-6-12-23(18-19)29-21-10-4-3-5-11-21/h3-6,8,10-16,18H,7,9,17H2,1-2H3. The summed E-state index contributed by atoms with van der Waals surface area (Å²) in [4.78, 5) is 0. The molecule has 0 bridgehead atoms. The Balaban J connectivity index is 1.55. The van der Waals surface area contributed by atoms with Gasteiger partial charge in [0.2, 0.25) is 0 Å². The Kier molecular flexibility index (Phi) is 7.14. The summed E-state index contributed by atoms with van der Waals surface area (Å²) >= 11 is 2.19. The van der Waals surface area contributed by atoms with Crippen LogP contribution >= 0.6 is 15.9 Å². The zero-order valence-electron chi connectivity index (χ0n) is 17.1. The fraction of sp³-hybridized carbons (Fsp3) is 0.280. The molecule has 0 spiro atoms.